The molecule has 20 heteroatoms. The van der Waals surface area contributed by atoms with Crippen molar-refractivity contribution in [2.45, 2.75) is 49.6 Å². The number of aliphatic hydroxyl groups is 4. The number of fused-ring (bicyclic) bond motifs is 3. The number of phenolic OH excluding ortho intramolecular Hbond substituents is 1. The summed E-state index contributed by atoms with van der Waals surface area (Å²) in [6.07, 6.45) is -7.94. The Hall–Kier alpha value is -6.92. The van der Waals surface area contributed by atoms with Gasteiger partial charge in [0.25, 0.3) is 5.91 Å². The summed E-state index contributed by atoms with van der Waals surface area (Å²) in [7, 11) is 2.78. The third-order valence-electron chi connectivity index (χ3n) is 13.3. The Bertz CT molecular complexity index is 2690. The fourth-order valence-corrected chi connectivity index (χ4v) is 15.9. The SMILES string of the molecule is C[C@H]1c2ccc(NC(=O)CNC(=O)CCCP(OC(=O)C(F)(F)F)(c3ccccc3)(c3ccccc3)c3ccccc3)c(O)c2C(O)=C2C(=O)[C@]3(O)C(O)=C(C(N)=O)C(=O)[C@@H](N(C)C)[C@@H]3[C@@H](O)[C@@H]21. The second-order valence-corrected chi connectivity index (χ2v) is 21.8. The first kappa shape index (κ1) is 49.0. The van der Waals surface area contributed by atoms with Crippen molar-refractivity contribution in [1.29, 1.82) is 0 Å². The minimum atomic E-state index is -5.39. The number of benzene rings is 4. The number of carbonyl (C=O) groups is 6. The van der Waals surface area contributed by atoms with E-state index in [9.17, 15) is 67.5 Å². The van der Waals surface area contributed by atoms with Crippen LogP contribution in [0.1, 0.15) is 36.8 Å². The normalized spacial score (nSPS) is 23.1. The fraction of sp³-hybridized carbons (Fsp3) is 0.292. The molecule has 68 heavy (non-hydrogen) atoms. The van der Waals surface area contributed by atoms with E-state index in [1.54, 1.807) is 91.0 Å². The van der Waals surface area contributed by atoms with Gasteiger partial charge in [-0.2, -0.15) is 0 Å². The van der Waals surface area contributed by atoms with Gasteiger partial charge in [0.15, 0.2) is 11.4 Å². The van der Waals surface area contributed by atoms with Gasteiger partial charge < -0.3 is 26.2 Å². The van der Waals surface area contributed by atoms with Gasteiger partial charge in [0.2, 0.25) is 5.78 Å². The van der Waals surface area contributed by atoms with Crippen molar-refractivity contribution in [3.05, 3.63) is 131 Å². The molecule has 1 saturated carbocycles. The van der Waals surface area contributed by atoms with Crippen molar-refractivity contribution in [1.82, 2.24) is 10.2 Å². The van der Waals surface area contributed by atoms with E-state index in [-0.39, 0.29) is 35.8 Å². The molecule has 3 aliphatic rings. The third kappa shape index (κ3) is 7.68. The fourth-order valence-electron chi connectivity index (χ4n) is 10.2. The number of halogens is 3. The summed E-state index contributed by atoms with van der Waals surface area (Å²) in [5.41, 5.74) is 0.0221. The molecule has 4 aromatic rings. The van der Waals surface area contributed by atoms with Crippen LogP contribution in [0.5, 0.6) is 5.75 Å². The molecule has 4 aromatic carbocycles. The average molecular weight is 961 g/mol. The first-order chi connectivity index (χ1) is 32.0. The van der Waals surface area contributed by atoms with Crippen LogP contribution >= 0.6 is 6.83 Å². The number of carbonyl (C=O) groups excluding carboxylic acids is 6. The van der Waals surface area contributed by atoms with Crippen molar-refractivity contribution < 1.29 is 72.0 Å². The zero-order valence-corrected chi connectivity index (χ0v) is 37.6. The predicted molar refractivity (Wildman–Crippen MR) is 243 cm³/mol. The standard InChI is InChI=1S/C48H48F3N4O12P/c1-25-29-21-22-30(39(58)34(29)40(59)35-33(25)41(60)37-38(55(2)3)42(61)36(45(52)64)44(63)47(37,66)43(35)62)54-32(57)24-53-31(56)20-13-23-68(26-14-7-4-8-15-26,27-16-9-5-10-17-27,28-18-11-6-12-19-28)67-46(65)48(49,50)51/h4-12,14-19,21-22,25,33,37-38,41,58-60,63,66H,13,20,23-24H2,1-3H3,(H2,52,64)(H,53,56)(H,54,57)/t25-,33+,37+,38-,41-,47-/m0/s1. The predicted octanol–water partition coefficient (Wildman–Crippen LogP) is 2.88. The van der Waals surface area contributed by atoms with E-state index >= 15 is 0 Å². The topological polar surface area (TPSA) is 266 Å². The minimum absolute atomic E-state index is 0.138. The van der Waals surface area contributed by atoms with Crippen LogP contribution in [0, 0.1) is 11.8 Å². The van der Waals surface area contributed by atoms with Gasteiger partial charge in [-0.15, -0.1) is 0 Å². The van der Waals surface area contributed by atoms with Crippen LogP contribution in [0.25, 0.3) is 5.76 Å². The molecule has 0 aromatic heterocycles. The molecule has 0 unspecified atom stereocenters. The molecule has 1 fully saturated rings. The number of nitrogens with one attached hydrogen (secondary N) is 2. The number of ketones is 2. The summed E-state index contributed by atoms with van der Waals surface area (Å²) in [6.45, 7) is -4.06. The van der Waals surface area contributed by atoms with Crippen LogP contribution in [0.3, 0.4) is 0 Å². The molecule has 3 aliphatic carbocycles. The van der Waals surface area contributed by atoms with Gasteiger partial charge in [-0.3, -0.25) is 19.3 Å². The first-order valence-electron chi connectivity index (χ1n) is 21.3. The Kier molecular flexibility index (Phi) is 12.9. The second-order valence-electron chi connectivity index (χ2n) is 17.2. The number of primary amides is 1. The molecule has 0 radical (unpaired) electrons. The zero-order chi connectivity index (χ0) is 49.7. The number of phenols is 1. The summed E-state index contributed by atoms with van der Waals surface area (Å²) < 4.78 is 48.6. The van der Waals surface area contributed by atoms with Gasteiger partial charge in [0.05, 0.1) is 18.1 Å². The van der Waals surface area contributed by atoms with Crippen LogP contribution in [0.4, 0.5) is 18.9 Å². The van der Waals surface area contributed by atoms with Crippen LogP contribution in [-0.4, -0.2) is 116 Å². The number of anilines is 1. The first-order valence-corrected chi connectivity index (χ1v) is 23.6. The van der Waals surface area contributed by atoms with Gasteiger partial charge in [0.1, 0.15) is 11.3 Å². The van der Waals surface area contributed by atoms with E-state index in [0.717, 1.165) is 0 Å². The number of nitrogens with zero attached hydrogens (tertiary/aromatic N) is 1. The molecular formula is C48H48F3N4O12P. The molecule has 358 valence electrons. The van der Waals surface area contributed by atoms with Crippen molar-refractivity contribution in [3.63, 3.8) is 0 Å². The number of rotatable bonds is 13. The van der Waals surface area contributed by atoms with E-state index in [1.165, 1.54) is 38.1 Å². The van der Waals surface area contributed by atoms with Gasteiger partial charge in [0, 0.05) is 11.5 Å². The Labute approximate surface area is 386 Å². The molecular weight excluding hydrogens is 913 g/mol. The molecule has 9 N–H and O–H groups in total. The summed E-state index contributed by atoms with van der Waals surface area (Å²) in [5, 5.41) is 63.9. The Morgan fingerprint density at radius 3 is 1.85 bits per heavy atom. The van der Waals surface area contributed by atoms with Crippen LogP contribution in [0.15, 0.2) is 120 Å². The molecule has 0 heterocycles. The number of Topliss-reactive ketones (excluding diaryl/α,β-unsaturated/α-hetero) is 2. The molecule has 0 bridgehead atoms. The number of amides is 3. The number of aromatic hydroxyl groups is 1. The van der Waals surface area contributed by atoms with Gasteiger partial charge in [-0.25, -0.2) is 0 Å². The van der Waals surface area contributed by atoms with E-state index < -0.39 is 119 Å². The molecule has 0 spiro atoms. The molecule has 6 atom stereocenters. The molecule has 7 rings (SSSR count). The van der Waals surface area contributed by atoms with E-state index in [4.69, 9.17) is 10.3 Å². The maximum atomic E-state index is 14.3. The van der Waals surface area contributed by atoms with Gasteiger partial charge in [-0.05, 0) is 20.0 Å². The monoisotopic (exact) mass is 960 g/mol. The Morgan fingerprint density at radius 1 is 0.838 bits per heavy atom. The molecule has 3 amide bonds. The van der Waals surface area contributed by atoms with Crippen LogP contribution in [0.2, 0.25) is 0 Å². The van der Waals surface area contributed by atoms with Gasteiger partial charge >= 0.3 is 252 Å². The van der Waals surface area contributed by atoms with E-state index in [2.05, 4.69) is 10.6 Å². The smallest absolute Gasteiger partial charge is 0.508 e. The van der Waals surface area contributed by atoms with Crippen molar-refractivity contribution >= 4 is 69.4 Å². The quantitative estimate of drug-likeness (QED) is 0.0545. The van der Waals surface area contributed by atoms with Crippen molar-refractivity contribution in [2.75, 3.05) is 32.1 Å². The number of aliphatic hydroxyl groups excluding tert-OH is 3. The Balaban J connectivity index is 1.14. The number of hydrogen-bond donors (Lipinski definition) is 8. The van der Waals surface area contributed by atoms with Crippen molar-refractivity contribution in [3.8, 4) is 5.75 Å². The molecule has 0 aliphatic heterocycles. The summed E-state index contributed by atoms with van der Waals surface area (Å²) in [4.78, 5) is 81.1. The van der Waals surface area contributed by atoms with Gasteiger partial charge in [-0.1, -0.05) is 6.92 Å². The summed E-state index contributed by atoms with van der Waals surface area (Å²) in [5.74, 6) is -15.0. The van der Waals surface area contributed by atoms with Crippen molar-refractivity contribution in [2.24, 2.45) is 17.6 Å². The van der Waals surface area contributed by atoms with E-state index in [0.29, 0.717) is 15.9 Å². The van der Waals surface area contributed by atoms with E-state index in [1.807, 2.05) is 0 Å². The number of likely N-dealkylation sites (N-methyl/N-ethyl adjacent to an activating group) is 1. The minimum Gasteiger partial charge on any atom is -0.508 e. The number of alkyl halides is 3. The Morgan fingerprint density at radius 2 is 1.37 bits per heavy atom. The average Bonchev–Trinajstić information content (AvgIpc) is 3.30. The third-order valence-corrected chi connectivity index (χ3v) is 19.2. The summed E-state index contributed by atoms with van der Waals surface area (Å²) >= 11 is 0. The number of nitrogens with two attached hydrogens (primary N) is 1. The number of hydrogen-bond acceptors (Lipinski definition) is 13. The van der Waals surface area contributed by atoms with Crippen LogP contribution < -0.4 is 32.3 Å². The zero-order valence-electron chi connectivity index (χ0n) is 36.7. The second kappa shape index (κ2) is 18.0. The van der Waals surface area contributed by atoms with Crippen LogP contribution in [-0.2, 0) is 33.3 Å². The molecule has 0 saturated heterocycles. The molecule has 16 nitrogen and oxygen atoms in total. The summed E-state index contributed by atoms with van der Waals surface area (Å²) in [6, 6.07) is 25.2. The maximum absolute atomic E-state index is 14.3.